The zero-order chi connectivity index (χ0) is 15.2. The van der Waals surface area contributed by atoms with Crippen LogP contribution in [-0.2, 0) is 19.4 Å². The molecule has 2 aromatic rings. The number of halogens is 1. The topological polar surface area (TPSA) is 43.8 Å². The number of rotatable bonds is 7. The minimum Gasteiger partial charge on any atom is -0.399 e. The summed E-state index contributed by atoms with van der Waals surface area (Å²) in [6, 6.07) is 7.94. The van der Waals surface area contributed by atoms with Crippen LogP contribution in [0.15, 0.2) is 36.9 Å². The van der Waals surface area contributed by atoms with E-state index in [1.54, 1.807) is 0 Å². The van der Waals surface area contributed by atoms with Crippen LogP contribution in [0.2, 0.25) is 5.15 Å². The van der Waals surface area contributed by atoms with E-state index in [9.17, 15) is 0 Å². The molecule has 0 radical (unpaired) electrons. The molecule has 0 aliphatic carbocycles. The minimum atomic E-state index is 0.594. The van der Waals surface area contributed by atoms with Gasteiger partial charge in [0.05, 0.1) is 5.69 Å². The molecule has 0 spiro atoms. The fourth-order valence-electron chi connectivity index (χ4n) is 2.35. The normalized spacial score (nSPS) is 10.8. The van der Waals surface area contributed by atoms with Gasteiger partial charge in [0, 0.05) is 25.1 Å². The van der Waals surface area contributed by atoms with Gasteiger partial charge in [-0.1, -0.05) is 43.2 Å². The SMILES string of the molecule is C=CCc1c(Cl)nc(CCCC)n1Cc1ccc(N)cc1. The lowest BCUT2D eigenvalue weighted by molar-refractivity contribution is 0.662. The Morgan fingerprint density at radius 2 is 2.05 bits per heavy atom. The van der Waals surface area contributed by atoms with E-state index in [-0.39, 0.29) is 0 Å². The number of nitrogens with zero attached hydrogens (tertiary/aromatic N) is 2. The molecule has 0 aliphatic rings. The van der Waals surface area contributed by atoms with E-state index in [0.29, 0.717) is 5.15 Å². The predicted molar refractivity (Wildman–Crippen MR) is 89.7 cm³/mol. The van der Waals surface area contributed by atoms with Crippen LogP contribution in [0.5, 0.6) is 0 Å². The van der Waals surface area contributed by atoms with E-state index in [1.807, 2.05) is 30.3 Å². The molecule has 1 heterocycles. The second kappa shape index (κ2) is 7.32. The number of aryl methyl sites for hydroxylation is 1. The number of hydrogen-bond donors (Lipinski definition) is 1. The first-order valence-electron chi connectivity index (χ1n) is 7.34. The fourth-order valence-corrected chi connectivity index (χ4v) is 2.63. The largest absolute Gasteiger partial charge is 0.399 e. The van der Waals surface area contributed by atoms with Gasteiger partial charge in [-0.3, -0.25) is 0 Å². The summed E-state index contributed by atoms with van der Waals surface area (Å²) in [5.41, 5.74) is 8.75. The zero-order valence-corrected chi connectivity index (χ0v) is 13.2. The molecule has 0 unspecified atom stereocenters. The van der Waals surface area contributed by atoms with Crippen LogP contribution in [-0.4, -0.2) is 9.55 Å². The van der Waals surface area contributed by atoms with E-state index in [0.717, 1.165) is 49.4 Å². The summed E-state index contributed by atoms with van der Waals surface area (Å²) < 4.78 is 2.21. The molecule has 2 rings (SSSR count). The summed E-state index contributed by atoms with van der Waals surface area (Å²) in [5.74, 6) is 1.05. The molecular formula is C17H22ClN3. The second-order valence-electron chi connectivity index (χ2n) is 5.19. The molecule has 0 saturated carbocycles. The first kappa shape index (κ1) is 15.6. The third kappa shape index (κ3) is 3.88. The maximum Gasteiger partial charge on any atom is 0.150 e. The quantitative estimate of drug-likeness (QED) is 0.614. The smallest absolute Gasteiger partial charge is 0.150 e. The Morgan fingerprint density at radius 3 is 2.67 bits per heavy atom. The van der Waals surface area contributed by atoms with Crippen LogP contribution in [0.4, 0.5) is 5.69 Å². The summed E-state index contributed by atoms with van der Waals surface area (Å²) in [6.45, 7) is 6.76. The van der Waals surface area contributed by atoms with Gasteiger partial charge in [-0.2, -0.15) is 0 Å². The third-order valence-corrected chi connectivity index (χ3v) is 3.82. The van der Waals surface area contributed by atoms with Crippen molar-refractivity contribution in [3.8, 4) is 0 Å². The van der Waals surface area contributed by atoms with Crippen molar-refractivity contribution in [1.82, 2.24) is 9.55 Å². The molecule has 112 valence electrons. The third-order valence-electron chi connectivity index (χ3n) is 3.51. The summed E-state index contributed by atoms with van der Waals surface area (Å²) in [7, 11) is 0. The Kier molecular flexibility index (Phi) is 5.45. The average Bonchev–Trinajstić information content (AvgIpc) is 2.76. The maximum atomic E-state index is 6.30. The number of nitrogen functional groups attached to an aromatic ring is 1. The molecule has 4 heteroatoms. The van der Waals surface area contributed by atoms with Crippen molar-refractivity contribution in [1.29, 1.82) is 0 Å². The van der Waals surface area contributed by atoms with Crippen LogP contribution in [0.3, 0.4) is 0 Å². The van der Waals surface area contributed by atoms with Gasteiger partial charge in [-0.25, -0.2) is 4.98 Å². The molecule has 3 nitrogen and oxygen atoms in total. The van der Waals surface area contributed by atoms with Crippen LogP contribution < -0.4 is 5.73 Å². The van der Waals surface area contributed by atoms with Gasteiger partial charge in [0.1, 0.15) is 5.82 Å². The Balaban J connectivity index is 2.33. The summed E-state index contributed by atoms with van der Waals surface area (Å²) in [5, 5.41) is 0.594. The fraction of sp³-hybridized carbons (Fsp3) is 0.353. The molecule has 0 bridgehead atoms. The Bertz CT molecular complexity index is 599. The van der Waals surface area contributed by atoms with Crippen LogP contribution in [0.25, 0.3) is 0 Å². The van der Waals surface area contributed by atoms with Crippen LogP contribution in [0.1, 0.15) is 36.8 Å². The molecule has 1 aromatic heterocycles. The highest BCUT2D eigenvalue weighted by atomic mass is 35.5. The van der Waals surface area contributed by atoms with Crippen molar-refractivity contribution >= 4 is 17.3 Å². The minimum absolute atomic E-state index is 0.594. The number of anilines is 1. The Labute approximate surface area is 131 Å². The van der Waals surface area contributed by atoms with E-state index in [2.05, 4.69) is 23.1 Å². The highest BCUT2D eigenvalue weighted by molar-refractivity contribution is 6.30. The van der Waals surface area contributed by atoms with Crippen molar-refractivity contribution in [2.45, 2.75) is 39.2 Å². The van der Waals surface area contributed by atoms with Crippen molar-refractivity contribution in [3.63, 3.8) is 0 Å². The van der Waals surface area contributed by atoms with Crippen molar-refractivity contribution in [2.24, 2.45) is 0 Å². The highest BCUT2D eigenvalue weighted by Crippen LogP contribution is 2.22. The second-order valence-corrected chi connectivity index (χ2v) is 5.55. The number of nitrogens with two attached hydrogens (primary N) is 1. The monoisotopic (exact) mass is 303 g/mol. The number of hydrogen-bond acceptors (Lipinski definition) is 2. The summed E-state index contributed by atoms with van der Waals surface area (Å²) in [6.07, 6.45) is 5.80. The standard InChI is InChI=1S/C17H22ClN3/c1-3-5-7-16-20-17(18)15(6-4-2)21(16)12-13-8-10-14(19)11-9-13/h4,8-11H,2-3,5-7,12,19H2,1H3. The molecule has 0 amide bonds. The van der Waals surface area contributed by atoms with Gasteiger partial charge < -0.3 is 10.3 Å². The molecular weight excluding hydrogens is 282 g/mol. The molecule has 1 aromatic carbocycles. The van der Waals surface area contributed by atoms with Crippen LogP contribution in [0, 0.1) is 0 Å². The first-order chi connectivity index (χ1) is 10.2. The van der Waals surface area contributed by atoms with E-state index in [4.69, 9.17) is 17.3 Å². The van der Waals surface area contributed by atoms with E-state index < -0.39 is 0 Å². The predicted octanol–water partition coefficient (Wildman–Crippen LogP) is 4.24. The maximum absolute atomic E-state index is 6.30. The molecule has 0 atom stereocenters. The Hall–Kier alpha value is -1.74. The van der Waals surface area contributed by atoms with E-state index in [1.165, 1.54) is 5.56 Å². The number of unbranched alkanes of at least 4 members (excludes halogenated alkanes) is 1. The van der Waals surface area contributed by atoms with Crippen molar-refractivity contribution in [3.05, 3.63) is 59.2 Å². The lowest BCUT2D eigenvalue weighted by Crippen LogP contribution is -2.09. The van der Waals surface area contributed by atoms with Gasteiger partial charge in [0.2, 0.25) is 0 Å². The van der Waals surface area contributed by atoms with Crippen molar-refractivity contribution in [2.75, 3.05) is 5.73 Å². The zero-order valence-electron chi connectivity index (χ0n) is 12.5. The van der Waals surface area contributed by atoms with Gasteiger partial charge in [0.15, 0.2) is 5.15 Å². The summed E-state index contributed by atoms with van der Waals surface area (Å²) in [4.78, 5) is 4.54. The molecule has 2 N–H and O–H groups in total. The average molecular weight is 304 g/mol. The number of allylic oxidation sites excluding steroid dienone is 1. The van der Waals surface area contributed by atoms with Crippen molar-refractivity contribution < 1.29 is 0 Å². The number of aromatic nitrogens is 2. The van der Waals surface area contributed by atoms with Gasteiger partial charge in [-0.05, 0) is 24.1 Å². The van der Waals surface area contributed by atoms with Gasteiger partial charge in [-0.15, -0.1) is 6.58 Å². The van der Waals surface area contributed by atoms with E-state index >= 15 is 0 Å². The molecule has 0 aliphatic heterocycles. The highest BCUT2D eigenvalue weighted by Gasteiger charge is 2.14. The molecule has 0 saturated heterocycles. The number of imidazole rings is 1. The number of benzene rings is 1. The van der Waals surface area contributed by atoms with Crippen LogP contribution >= 0.6 is 11.6 Å². The van der Waals surface area contributed by atoms with Gasteiger partial charge >= 0.3 is 0 Å². The lowest BCUT2D eigenvalue weighted by atomic mass is 10.2. The van der Waals surface area contributed by atoms with Gasteiger partial charge in [0.25, 0.3) is 0 Å². The molecule has 0 fully saturated rings. The molecule has 21 heavy (non-hydrogen) atoms. The Morgan fingerprint density at radius 1 is 1.33 bits per heavy atom. The first-order valence-corrected chi connectivity index (χ1v) is 7.72. The lowest BCUT2D eigenvalue weighted by Gasteiger charge is -2.11. The summed E-state index contributed by atoms with van der Waals surface area (Å²) >= 11 is 6.30.